The smallest absolute Gasteiger partial charge is 0.148 e. The maximum absolute atomic E-state index is 11.2. The number of nitrogens with zero attached hydrogens (tertiary/aromatic N) is 1. The Bertz CT molecular complexity index is 355. The first-order valence-corrected chi connectivity index (χ1v) is 5.49. The summed E-state index contributed by atoms with van der Waals surface area (Å²) in [7, 11) is 0. The van der Waals surface area contributed by atoms with Crippen molar-refractivity contribution in [2.45, 2.75) is 26.3 Å². The van der Waals surface area contributed by atoms with Crippen LogP contribution in [0.15, 0.2) is 24.3 Å². The van der Waals surface area contributed by atoms with E-state index < -0.39 is 0 Å². The summed E-state index contributed by atoms with van der Waals surface area (Å²) in [5.41, 5.74) is 2.58. The van der Waals surface area contributed by atoms with Gasteiger partial charge in [-0.15, -0.1) is 0 Å². The van der Waals surface area contributed by atoms with Crippen LogP contribution in [0.25, 0.3) is 0 Å². The minimum absolute atomic E-state index is 0.358. The number of hydrogen-bond acceptors (Lipinski definition) is 2. The second-order valence-corrected chi connectivity index (χ2v) is 4.35. The fraction of sp³-hybridized carbons (Fsp3) is 0.462. The highest BCUT2D eigenvalue weighted by Gasteiger charge is 2.24. The molecule has 1 unspecified atom stereocenters. The molecule has 1 heterocycles. The van der Waals surface area contributed by atoms with Crippen LogP contribution in [0.5, 0.6) is 0 Å². The van der Waals surface area contributed by atoms with Gasteiger partial charge in [0.25, 0.3) is 0 Å². The number of carbonyl (C=O) groups is 1. The molecular formula is C13H17NO. The molecule has 1 aromatic rings. The highest BCUT2D eigenvalue weighted by atomic mass is 16.1. The van der Waals surface area contributed by atoms with Crippen LogP contribution < -0.4 is 0 Å². The summed E-state index contributed by atoms with van der Waals surface area (Å²) in [6, 6.07) is 8.93. The van der Waals surface area contributed by atoms with Gasteiger partial charge < -0.3 is 0 Å². The molecule has 1 aliphatic rings. The number of hydrogen-bond donors (Lipinski definition) is 0. The van der Waals surface area contributed by atoms with Crippen molar-refractivity contribution < 1.29 is 4.79 Å². The third kappa shape index (κ3) is 2.26. The van der Waals surface area contributed by atoms with E-state index in [0.29, 0.717) is 18.4 Å². The number of Topliss-reactive ketones (excluding diaryl/α,β-unsaturated/α-hetero) is 1. The summed E-state index contributed by atoms with van der Waals surface area (Å²) in [6.45, 7) is 5.79. The predicted octanol–water partition coefficient (Wildman–Crippen LogP) is 2.33. The second-order valence-electron chi connectivity index (χ2n) is 4.35. The van der Waals surface area contributed by atoms with Gasteiger partial charge in [-0.2, -0.15) is 0 Å². The predicted molar refractivity (Wildman–Crippen MR) is 60.8 cm³/mol. The molecule has 0 aliphatic carbocycles. The van der Waals surface area contributed by atoms with Gasteiger partial charge in [0, 0.05) is 19.0 Å². The van der Waals surface area contributed by atoms with Gasteiger partial charge >= 0.3 is 0 Å². The molecule has 80 valence electrons. The van der Waals surface area contributed by atoms with Crippen LogP contribution in [-0.2, 0) is 4.79 Å². The van der Waals surface area contributed by atoms with Crippen molar-refractivity contribution in [3.63, 3.8) is 0 Å². The highest BCUT2D eigenvalue weighted by molar-refractivity contribution is 5.82. The lowest BCUT2D eigenvalue weighted by Crippen LogP contribution is -2.24. The number of benzene rings is 1. The Morgan fingerprint density at radius 1 is 1.27 bits per heavy atom. The summed E-state index contributed by atoms with van der Waals surface area (Å²) in [5.74, 6) is 0.369. The number of likely N-dealkylation sites (tertiary alicyclic amines) is 1. The summed E-state index contributed by atoms with van der Waals surface area (Å²) in [4.78, 5) is 13.4. The van der Waals surface area contributed by atoms with Crippen molar-refractivity contribution in [2.75, 3.05) is 13.1 Å². The van der Waals surface area contributed by atoms with Gasteiger partial charge in [0.2, 0.25) is 0 Å². The standard InChI is InChI=1S/C13H17NO/c1-10-3-5-12(6-4-10)11(2)14-8-7-13(15)9-14/h3-6,11H,7-9H2,1-2H3. The van der Waals surface area contributed by atoms with Crippen LogP contribution >= 0.6 is 0 Å². The topological polar surface area (TPSA) is 20.3 Å². The van der Waals surface area contributed by atoms with Crippen molar-refractivity contribution in [3.05, 3.63) is 35.4 Å². The zero-order valence-electron chi connectivity index (χ0n) is 9.36. The quantitative estimate of drug-likeness (QED) is 0.735. The Morgan fingerprint density at radius 3 is 2.47 bits per heavy atom. The maximum atomic E-state index is 11.2. The Balaban J connectivity index is 2.10. The van der Waals surface area contributed by atoms with E-state index in [4.69, 9.17) is 0 Å². The van der Waals surface area contributed by atoms with E-state index in [9.17, 15) is 4.79 Å². The fourth-order valence-electron chi connectivity index (χ4n) is 2.04. The van der Waals surface area contributed by atoms with Crippen molar-refractivity contribution in [3.8, 4) is 0 Å². The lowest BCUT2D eigenvalue weighted by atomic mass is 10.1. The summed E-state index contributed by atoms with van der Waals surface area (Å²) >= 11 is 0. The summed E-state index contributed by atoms with van der Waals surface area (Å²) in [6.07, 6.45) is 0.718. The lowest BCUT2D eigenvalue weighted by molar-refractivity contribution is -0.117. The molecular weight excluding hydrogens is 186 g/mol. The van der Waals surface area contributed by atoms with Gasteiger partial charge in [0.1, 0.15) is 5.78 Å². The van der Waals surface area contributed by atoms with E-state index in [1.165, 1.54) is 11.1 Å². The van der Waals surface area contributed by atoms with Crippen molar-refractivity contribution in [1.29, 1.82) is 0 Å². The average Bonchev–Trinajstić information content (AvgIpc) is 2.65. The fourth-order valence-corrected chi connectivity index (χ4v) is 2.04. The molecule has 0 aromatic heterocycles. The molecule has 1 aromatic carbocycles. The first kappa shape index (κ1) is 10.4. The van der Waals surface area contributed by atoms with Crippen LogP contribution in [-0.4, -0.2) is 23.8 Å². The van der Waals surface area contributed by atoms with Crippen LogP contribution in [0.4, 0.5) is 0 Å². The third-order valence-corrected chi connectivity index (χ3v) is 3.16. The normalized spacial score (nSPS) is 19.5. The Hall–Kier alpha value is -1.15. The monoisotopic (exact) mass is 203 g/mol. The zero-order chi connectivity index (χ0) is 10.8. The molecule has 1 atom stereocenters. The number of ketones is 1. The van der Waals surface area contributed by atoms with E-state index in [2.05, 4.69) is 43.0 Å². The Kier molecular flexibility index (Phi) is 2.87. The number of carbonyl (C=O) groups excluding carboxylic acids is 1. The van der Waals surface area contributed by atoms with Gasteiger partial charge in [-0.1, -0.05) is 29.8 Å². The van der Waals surface area contributed by atoms with E-state index in [1.807, 2.05) is 0 Å². The van der Waals surface area contributed by atoms with E-state index in [1.54, 1.807) is 0 Å². The van der Waals surface area contributed by atoms with Crippen LogP contribution in [0, 0.1) is 6.92 Å². The molecule has 2 rings (SSSR count). The van der Waals surface area contributed by atoms with Gasteiger partial charge in [0.05, 0.1) is 6.54 Å². The van der Waals surface area contributed by atoms with Gasteiger partial charge in [0.15, 0.2) is 0 Å². The minimum atomic E-state index is 0.358. The van der Waals surface area contributed by atoms with Crippen LogP contribution in [0.2, 0.25) is 0 Å². The lowest BCUT2D eigenvalue weighted by Gasteiger charge is -2.23. The van der Waals surface area contributed by atoms with E-state index in [0.717, 1.165) is 13.0 Å². The van der Waals surface area contributed by atoms with Crippen molar-refractivity contribution in [2.24, 2.45) is 0 Å². The molecule has 15 heavy (non-hydrogen) atoms. The van der Waals surface area contributed by atoms with Crippen molar-refractivity contribution >= 4 is 5.78 Å². The molecule has 0 spiro atoms. The first-order chi connectivity index (χ1) is 7.16. The molecule has 0 radical (unpaired) electrons. The van der Waals surface area contributed by atoms with Gasteiger partial charge in [-0.25, -0.2) is 0 Å². The van der Waals surface area contributed by atoms with Crippen molar-refractivity contribution in [1.82, 2.24) is 4.90 Å². The second kappa shape index (κ2) is 4.15. The van der Waals surface area contributed by atoms with E-state index in [-0.39, 0.29) is 0 Å². The Morgan fingerprint density at radius 2 is 1.93 bits per heavy atom. The van der Waals surface area contributed by atoms with Gasteiger partial charge in [-0.05, 0) is 19.4 Å². The molecule has 0 amide bonds. The molecule has 2 heteroatoms. The molecule has 1 saturated heterocycles. The summed E-state index contributed by atoms with van der Waals surface area (Å²) in [5, 5.41) is 0. The largest absolute Gasteiger partial charge is 0.298 e. The molecule has 0 N–H and O–H groups in total. The molecule has 1 fully saturated rings. The SMILES string of the molecule is Cc1ccc(C(C)N2CCC(=O)C2)cc1. The first-order valence-electron chi connectivity index (χ1n) is 5.49. The Labute approximate surface area is 90.9 Å². The van der Waals surface area contributed by atoms with Crippen LogP contribution in [0.3, 0.4) is 0 Å². The number of aryl methyl sites for hydroxylation is 1. The molecule has 0 saturated carbocycles. The number of rotatable bonds is 2. The zero-order valence-corrected chi connectivity index (χ0v) is 9.36. The molecule has 2 nitrogen and oxygen atoms in total. The third-order valence-electron chi connectivity index (χ3n) is 3.16. The maximum Gasteiger partial charge on any atom is 0.148 e. The van der Waals surface area contributed by atoms with Crippen LogP contribution in [0.1, 0.15) is 30.5 Å². The highest BCUT2D eigenvalue weighted by Crippen LogP contribution is 2.23. The molecule has 1 aliphatic heterocycles. The van der Waals surface area contributed by atoms with E-state index >= 15 is 0 Å². The average molecular weight is 203 g/mol. The minimum Gasteiger partial charge on any atom is -0.298 e. The summed E-state index contributed by atoms with van der Waals surface area (Å²) < 4.78 is 0. The van der Waals surface area contributed by atoms with Gasteiger partial charge in [-0.3, -0.25) is 9.69 Å². The molecule has 0 bridgehead atoms.